The minimum Gasteiger partial charge on any atom is -0.390 e. The van der Waals surface area contributed by atoms with Crippen molar-refractivity contribution in [2.75, 3.05) is 31.9 Å². The largest absolute Gasteiger partial charge is 0.390 e. The summed E-state index contributed by atoms with van der Waals surface area (Å²) in [4.78, 5) is 6.75. The standard InChI is InChI=1S/C22H31N3O3S2.HI/c1-2-23-22(24-16-20(26)17-30(27,28)21-9-6-14-29-21)25-12-10-19(11-13-25)15-18-7-4-3-5-8-18;/h3-9,14,19-20,26H,2,10-13,15-17H2,1H3,(H,23,24);1H. The predicted molar refractivity (Wildman–Crippen MR) is 138 cm³/mol. The Labute approximate surface area is 206 Å². The van der Waals surface area contributed by atoms with Crippen LogP contribution in [-0.4, -0.2) is 62.4 Å². The molecule has 0 aliphatic carbocycles. The first-order chi connectivity index (χ1) is 14.5. The summed E-state index contributed by atoms with van der Waals surface area (Å²) in [5, 5.41) is 15.3. The van der Waals surface area contributed by atoms with Gasteiger partial charge in [0.15, 0.2) is 15.8 Å². The molecule has 1 unspecified atom stereocenters. The summed E-state index contributed by atoms with van der Waals surface area (Å²) in [6.07, 6.45) is 2.26. The van der Waals surface area contributed by atoms with Gasteiger partial charge >= 0.3 is 0 Å². The number of nitrogens with zero attached hydrogens (tertiary/aromatic N) is 2. The quantitative estimate of drug-likeness (QED) is 0.286. The molecule has 1 saturated heterocycles. The summed E-state index contributed by atoms with van der Waals surface area (Å²) >= 11 is 1.17. The Morgan fingerprint density at radius 1 is 1.23 bits per heavy atom. The first-order valence-electron chi connectivity index (χ1n) is 10.5. The van der Waals surface area contributed by atoms with Crippen LogP contribution in [0.3, 0.4) is 0 Å². The van der Waals surface area contributed by atoms with E-state index in [2.05, 4.69) is 39.5 Å². The van der Waals surface area contributed by atoms with Crippen molar-refractivity contribution in [1.29, 1.82) is 0 Å². The minimum atomic E-state index is -3.47. The lowest BCUT2D eigenvalue weighted by atomic mass is 9.90. The molecule has 1 aliphatic rings. The third-order valence-electron chi connectivity index (χ3n) is 5.28. The van der Waals surface area contributed by atoms with Gasteiger partial charge in [-0.3, -0.25) is 4.99 Å². The number of aliphatic hydroxyl groups excluding tert-OH is 1. The van der Waals surface area contributed by atoms with Crippen LogP contribution in [0.15, 0.2) is 57.0 Å². The smallest absolute Gasteiger partial charge is 0.194 e. The molecule has 2 N–H and O–H groups in total. The number of piperidine rings is 1. The summed E-state index contributed by atoms with van der Waals surface area (Å²) < 4.78 is 25.0. The number of thiophene rings is 1. The summed E-state index contributed by atoms with van der Waals surface area (Å²) in [6.45, 7) is 4.62. The van der Waals surface area contributed by atoms with Crippen molar-refractivity contribution in [2.24, 2.45) is 10.9 Å². The molecule has 9 heteroatoms. The summed E-state index contributed by atoms with van der Waals surface area (Å²) in [6, 6.07) is 13.9. The molecule has 31 heavy (non-hydrogen) atoms. The van der Waals surface area contributed by atoms with Crippen molar-refractivity contribution in [1.82, 2.24) is 10.2 Å². The lowest BCUT2D eigenvalue weighted by molar-refractivity contribution is 0.204. The van der Waals surface area contributed by atoms with Crippen LogP contribution in [0.5, 0.6) is 0 Å². The fourth-order valence-corrected chi connectivity index (χ4v) is 6.21. The van der Waals surface area contributed by atoms with E-state index in [1.54, 1.807) is 17.5 Å². The molecule has 0 saturated carbocycles. The van der Waals surface area contributed by atoms with E-state index in [0.29, 0.717) is 5.92 Å². The number of guanidine groups is 1. The fourth-order valence-electron chi connectivity index (χ4n) is 3.74. The first kappa shape index (κ1) is 26.1. The molecule has 1 atom stereocenters. The van der Waals surface area contributed by atoms with Crippen molar-refractivity contribution in [3.05, 3.63) is 53.4 Å². The highest BCUT2D eigenvalue weighted by Crippen LogP contribution is 2.22. The average molecular weight is 578 g/mol. The van der Waals surface area contributed by atoms with Crippen molar-refractivity contribution in [3.63, 3.8) is 0 Å². The van der Waals surface area contributed by atoms with Crippen LogP contribution >= 0.6 is 35.3 Å². The van der Waals surface area contributed by atoms with Crippen molar-refractivity contribution >= 4 is 51.1 Å². The molecule has 172 valence electrons. The van der Waals surface area contributed by atoms with Crippen LogP contribution in [-0.2, 0) is 16.3 Å². The third-order valence-corrected chi connectivity index (χ3v) is 8.57. The van der Waals surface area contributed by atoms with Gasteiger partial charge in [-0.25, -0.2) is 8.42 Å². The molecule has 1 aliphatic heterocycles. The first-order valence-corrected chi connectivity index (χ1v) is 13.0. The van der Waals surface area contributed by atoms with Crippen LogP contribution in [0, 0.1) is 5.92 Å². The van der Waals surface area contributed by atoms with Gasteiger partial charge in [-0.15, -0.1) is 35.3 Å². The summed E-state index contributed by atoms with van der Waals surface area (Å²) in [5.74, 6) is 1.10. The Kier molecular flexibility index (Phi) is 10.7. The molecule has 0 spiro atoms. The molecular formula is C22H32IN3O3S2. The number of nitrogens with one attached hydrogen (secondary N) is 1. The number of aliphatic hydroxyl groups is 1. The highest BCUT2D eigenvalue weighted by atomic mass is 127. The zero-order chi connectivity index (χ0) is 21.4. The predicted octanol–water partition coefficient (Wildman–Crippen LogP) is 3.42. The molecular weight excluding hydrogens is 545 g/mol. The molecule has 0 radical (unpaired) electrons. The van der Waals surface area contributed by atoms with Crippen LogP contribution in [0.1, 0.15) is 25.3 Å². The zero-order valence-electron chi connectivity index (χ0n) is 17.8. The van der Waals surface area contributed by atoms with E-state index >= 15 is 0 Å². The van der Waals surface area contributed by atoms with Gasteiger partial charge in [-0.2, -0.15) is 0 Å². The van der Waals surface area contributed by atoms with Crippen molar-refractivity contribution in [2.45, 2.75) is 36.5 Å². The number of hydrogen-bond donors (Lipinski definition) is 2. The molecule has 0 bridgehead atoms. The number of benzene rings is 1. The number of rotatable bonds is 8. The maximum absolute atomic E-state index is 12.3. The van der Waals surface area contributed by atoms with Crippen LogP contribution < -0.4 is 5.32 Å². The van der Waals surface area contributed by atoms with Crippen molar-refractivity contribution < 1.29 is 13.5 Å². The van der Waals surface area contributed by atoms with Gasteiger partial charge in [0, 0.05) is 19.6 Å². The molecule has 1 aromatic heterocycles. The highest BCUT2D eigenvalue weighted by molar-refractivity contribution is 14.0. The SMILES string of the molecule is CCNC(=NCC(O)CS(=O)(=O)c1cccs1)N1CCC(Cc2ccccc2)CC1.I. The third kappa shape index (κ3) is 8.03. The second-order valence-electron chi connectivity index (χ2n) is 7.68. The Bertz CT molecular complexity index is 897. The number of sulfone groups is 1. The normalized spacial score (nSPS) is 16.6. The van der Waals surface area contributed by atoms with Crippen LogP contribution in [0.4, 0.5) is 0 Å². The molecule has 2 heterocycles. The number of hydrogen-bond acceptors (Lipinski definition) is 5. The summed E-state index contributed by atoms with van der Waals surface area (Å²) in [7, 11) is -3.47. The number of aliphatic imine (C=N–C) groups is 1. The van der Waals surface area contributed by atoms with Crippen LogP contribution in [0.2, 0.25) is 0 Å². The van der Waals surface area contributed by atoms with E-state index in [-0.39, 0.29) is 40.5 Å². The lowest BCUT2D eigenvalue weighted by Crippen LogP contribution is -2.46. The molecule has 3 rings (SSSR count). The maximum atomic E-state index is 12.3. The van der Waals surface area contributed by atoms with E-state index in [1.807, 2.05) is 13.0 Å². The molecule has 2 aromatic rings. The van der Waals surface area contributed by atoms with Gasteiger partial charge in [0.25, 0.3) is 0 Å². The number of likely N-dealkylation sites (tertiary alicyclic amines) is 1. The van der Waals surface area contributed by atoms with E-state index in [0.717, 1.165) is 44.9 Å². The summed E-state index contributed by atoms with van der Waals surface area (Å²) in [5.41, 5.74) is 1.38. The van der Waals surface area contributed by atoms with Gasteiger partial charge in [-0.1, -0.05) is 36.4 Å². The Morgan fingerprint density at radius 2 is 1.94 bits per heavy atom. The molecule has 1 fully saturated rings. The highest BCUT2D eigenvalue weighted by Gasteiger charge is 2.23. The molecule has 1 aromatic carbocycles. The average Bonchev–Trinajstić information content (AvgIpc) is 3.28. The Morgan fingerprint density at radius 3 is 2.55 bits per heavy atom. The van der Waals surface area contributed by atoms with Gasteiger partial charge in [0.05, 0.1) is 18.4 Å². The van der Waals surface area contributed by atoms with Gasteiger partial charge in [0.1, 0.15) is 4.21 Å². The fraction of sp³-hybridized carbons (Fsp3) is 0.500. The number of halogens is 1. The second kappa shape index (κ2) is 12.8. The van der Waals surface area contributed by atoms with E-state index in [4.69, 9.17) is 0 Å². The lowest BCUT2D eigenvalue weighted by Gasteiger charge is -2.34. The van der Waals surface area contributed by atoms with Gasteiger partial charge < -0.3 is 15.3 Å². The maximum Gasteiger partial charge on any atom is 0.194 e. The zero-order valence-corrected chi connectivity index (χ0v) is 21.8. The van der Waals surface area contributed by atoms with E-state index in [9.17, 15) is 13.5 Å². The Hall–Kier alpha value is -1.17. The van der Waals surface area contributed by atoms with Gasteiger partial charge in [0.2, 0.25) is 0 Å². The molecule has 6 nitrogen and oxygen atoms in total. The van der Waals surface area contributed by atoms with Gasteiger partial charge in [-0.05, 0) is 49.1 Å². The van der Waals surface area contributed by atoms with Crippen molar-refractivity contribution in [3.8, 4) is 0 Å². The minimum absolute atomic E-state index is 0. The topological polar surface area (TPSA) is 82.0 Å². The Balaban J connectivity index is 0.00000341. The van der Waals surface area contributed by atoms with E-state index < -0.39 is 15.9 Å². The van der Waals surface area contributed by atoms with Crippen LogP contribution in [0.25, 0.3) is 0 Å². The monoisotopic (exact) mass is 577 g/mol. The van der Waals surface area contributed by atoms with E-state index in [1.165, 1.54) is 16.9 Å². The second-order valence-corrected chi connectivity index (χ2v) is 10.9. The molecule has 0 amide bonds.